The van der Waals surface area contributed by atoms with Crippen LogP contribution in [0.15, 0.2) is 18.2 Å². The standard InChI is InChI=1S/C21H28N4O3/c1-13-10-24(8-7-14(13)9-22)11-15-3-2-4-16-12-25(21(28)19(15)16)17-5-6-18(26)23-20(17)27/h2-4,13-14,17H,5-12,22H2,1H3,(H,23,26,27). The summed E-state index contributed by atoms with van der Waals surface area (Å²) in [6.07, 6.45) is 1.75. The molecule has 0 radical (unpaired) electrons. The van der Waals surface area contributed by atoms with E-state index in [0.29, 0.717) is 24.8 Å². The molecule has 150 valence electrons. The number of likely N-dealkylation sites (tertiary alicyclic amines) is 1. The third kappa shape index (κ3) is 3.44. The summed E-state index contributed by atoms with van der Waals surface area (Å²) in [5.41, 5.74) is 8.60. The Bertz CT molecular complexity index is 809. The van der Waals surface area contributed by atoms with E-state index in [0.717, 1.165) is 49.3 Å². The molecule has 7 nitrogen and oxygen atoms in total. The molecule has 3 atom stereocenters. The Morgan fingerprint density at radius 1 is 1.21 bits per heavy atom. The molecule has 2 saturated heterocycles. The Morgan fingerprint density at radius 3 is 2.75 bits per heavy atom. The maximum absolute atomic E-state index is 13.2. The monoisotopic (exact) mass is 384 g/mol. The SMILES string of the molecule is CC1CN(Cc2cccc3c2C(=O)N(C2CCC(=O)NC2=O)C3)CCC1CN. The fraction of sp³-hybridized carbons (Fsp3) is 0.571. The number of carbonyl (C=O) groups is 3. The number of imide groups is 1. The molecule has 28 heavy (non-hydrogen) atoms. The average molecular weight is 384 g/mol. The summed E-state index contributed by atoms with van der Waals surface area (Å²) in [6, 6.07) is 5.41. The van der Waals surface area contributed by atoms with Gasteiger partial charge in [0.15, 0.2) is 0 Å². The Hall–Kier alpha value is -2.25. The van der Waals surface area contributed by atoms with E-state index in [1.807, 2.05) is 18.2 Å². The third-order valence-corrected chi connectivity index (χ3v) is 6.50. The van der Waals surface area contributed by atoms with Gasteiger partial charge in [0.2, 0.25) is 11.8 Å². The summed E-state index contributed by atoms with van der Waals surface area (Å²) in [5.74, 6) is 0.399. The van der Waals surface area contributed by atoms with Gasteiger partial charge in [-0.3, -0.25) is 24.6 Å². The van der Waals surface area contributed by atoms with Gasteiger partial charge in [-0.25, -0.2) is 0 Å². The predicted molar refractivity (Wildman–Crippen MR) is 104 cm³/mol. The van der Waals surface area contributed by atoms with Gasteiger partial charge in [-0.05, 0) is 48.9 Å². The van der Waals surface area contributed by atoms with Crippen molar-refractivity contribution in [2.45, 2.75) is 45.3 Å². The van der Waals surface area contributed by atoms with Crippen molar-refractivity contribution in [2.24, 2.45) is 17.6 Å². The highest BCUT2D eigenvalue weighted by molar-refractivity contribution is 6.05. The first-order valence-electron chi connectivity index (χ1n) is 10.2. The van der Waals surface area contributed by atoms with Gasteiger partial charge in [0.1, 0.15) is 6.04 Å². The van der Waals surface area contributed by atoms with Crippen LogP contribution in [-0.4, -0.2) is 53.2 Å². The first-order valence-corrected chi connectivity index (χ1v) is 10.2. The molecule has 3 aliphatic rings. The molecular weight excluding hydrogens is 356 g/mol. The molecule has 1 aromatic carbocycles. The molecule has 3 N–H and O–H groups in total. The second-order valence-electron chi connectivity index (χ2n) is 8.35. The average Bonchev–Trinajstić information content (AvgIpc) is 2.99. The minimum Gasteiger partial charge on any atom is -0.330 e. The number of carbonyl (C=O) groups excluding carboxylic acids is 3. The third-order valence-electron chi connectivity index (χ3n) is 6.50. The van der Waals surface area contributed by atoms with E-state index < -0.39 is 6.04 Å². The van der Waals surface area contributed by atoms with Crippen LogP contribution in [0.2, 0.25) is 0 Å². The molecule has 2 fully saturated rings. The van der Waals surface area contributed by atoms with Crippen LogP contribution < -0.4 is 11.1 Å². The van der Waals surface area contributed by atoms with Gasteiger partial charge in [0, 0.05) is 31.6 Å². The van der Waals surface area contributed by atoms with E-state index in [1.54, 1.807) is 4.90 Å². The maximum Gasteiger partial charge on any atom is 0.255 e. The van der Waals surface area contributed by atoms with Gasteiger partial charge in [-0.1, -0.05) is 25.1 Å². The number of benzene rings is 1. The van der Waals surface area contributed by atoms with E-state index in [-0.39, 0.29) is 24.1 Å². The summed E-state index contributed by atoms with van der Waals surface area (Å²) in [7, 11) is 0. The summed E-state index contributed by atoms with van der Waals surface area (Å²) >= 11 is 0. The van der Waals surface area contributed by atoms with Gasteiger partial charge in [-0.15, -0.1) is 0 Å². The maximum atomic E-state index is 13.2. The van der Waals surface area contributed by atoms with Crippen molar-refractivity contribution < 1.29 is 14.4 Å². The molecular formula is C21H28N4O3. The van der Waals surface area contributed by atoms with Crippen LogP contribution in [0.25, 0.3) is 0 Å². The number of amides is 3. The molecule has 7 heteroatoms. The fourth-order valence-electron chi connectivity index (χ4n) is 4.84. The number of nitrogens with two attached hydrogens (primary N) is 1. The highest BCUT2D eigenvalue weighted by Crippen LogP contribution is 2.31. The van der Waals surface area contributed by atoms with Crippen LogP contribution in [0.5, 0.6) is 0 Å². The van der Waals surface area contributed by atoms with E-state index >= 15 is 0 Å². The van der Waals surface area contributed by atoms with E-state index in [1.165, 1.54) is 0 Å². The number of hydrogen-bond donors (Lipinski definition) is 2. The van der Waals surface area contributed by atoms with Crippen LogP contribution in [0.1, 0.15) is 47.7 Å². The lowest BCUT2D eigenvalue weighted by Gasteiger charge is -2.36. The van der Waals surface area contributed by atoms with E-state index in [2.05, 4.69) is 17.1 Å². The van der Waals surface area contributed by atoms with Crippen molar-refractivity contribution in [2.75, 3.05) is 19.6 Å². The molecule has 3 aliphatic heterocycles. The van der Waals surface area contributed by atoms with E-state index in [4.69, 9.17) is 5.73 Å². The highest BCUT2D eigenvalue weighted by atomic mass is 16.2. The number of fused-ring (bicyclic) bond motifs is 1. The van der Waals surface area contributed by atoms with Crippen LogP contribution >= 0.6 is 0 Å². The number of piperidine rings is 2. The smallest absolute Gasteiger partial charge is 0.255 e. The zero-order valence-electron chi connectivity index (χ0n) is 16.3. The molecule has 0 aliphatic carbocycles. The molecule has 3 unspecified atom stereocenters. The molecule has 0 spiro atoms. The molecule has 4 rings (SSSR count). The normalized spacial score (nSPS) is 28.4. The van der Waals surface area contributed by atoms with Crippen molar-refractivity contribution in [1.82, 2.24) is 15.1 Å². The van der Waals surface area contributed by atoms with Crippen molar-refractivity contribution in [1.29, 1.82) is 0 Å². The Morgan fingerprint density at radius 2 is 2.04 bits per heavy atom. The largest absolute Gasteiger partial charge is 0.330 e. The van der Waals surface area contributed by atoms with Crippen molar-refractivity contribution in [3.63, 3.8) is 0 Å². The van der Waals surface area contributed by atoms with Crippen LogP contribution in [0.3, 0.4) is 0 Å². The van der Waals surface area contributed by atoms with Crippen molar-refractivity contribution in [3.8, 4) is 0 Å². The molecule has 3 amide bonds. The van der Waals surface area contributed by atoms with Crippen LogP contribution in [0.4, 0.5) is 0 Å². The zero-order valence-corrected chi connectivity index (χ0v) is 16.3. The van der Waals surface area contributed by atoms with Crippen LogP contribution in [0, 0.1) is 11.8 Å². The lowest BCUT2D eigenvalue weighted by molar-refractivity contribution is -0.136. The topological polar surface area (TPSA) is 95.7 Å². The Kier molecular flexibility index (Phi) is 5.21. The Labute approximate surface area is 165 Å². The van der Waals surface area contributed by atoms with Crippen molar-refractivity contribution in [3.05, 3.63) is 34.9 Å². The molecule has 1 aromatic rings. The minimum absolute atomic E-state index is 0.0926. The summed E-state index contributed by atoms with van der Waals surface area (Å²) < 4.78 is 0. The van der Waals surface area contributed by atoms with Gasteiger partial charge in [0.05, 0.1) is 0 Å². The van der Waals surface area contributed by atoms with Gasteiger partial charge in [-0.2, -0.15) is 0 Å². The molecule has 3 heterocycles. The van der Waals surface area contributed by atoms with Gasteiger partial charge < -0.3 is 10.6 Å². The molecule has 0 bridgehead atoms. The van der Waals surface area contributed by atoms with Crippen LogP contribution in [-0.2, 0) is 22.7 Å². The minimum atomic E-state index is -0.564. The lowest BCUT2D eigenvalue weighted by atomic mass is 9.86. The van der Waals surface area contributed by atoms with Gasteiger partial charge >= 0.3 is 0 Å². The summed E-state index contributed by atoms with van der Waals surface area (Å²) in [5, 5.41) is 2.36. The number of nitrogens with one attached hydrogen (secondary N) is 1. The number of rotatable bonds is 4. The lowest BCUT2D eigenvalue weighted by Crippen LogP contribution is -2.52. The summed E-state index contributed by atoms with van der Waals surface area (Å²) in [4.78, 5) is 40.9. The highest BCUT2D eigenvalue weighted by Gasteiger charge is 2.40. The second-order valence-corrected chi connectivity index (χ2v) is 8.35. The first kappa shape index (κ1) is 19.1. The number of hydrogen-bond acceptors (Lipinski definition) is 5. The second kappa shape index (κ2) is 7.64. The zero-order chi connectivity index (χ0) is 19.8. The fourth-order valence-corrected chi connectivity index (χ4v) is 4.84. The number of nitrogens with zero attached hydrogens (tertiary/aromatic N) is 2. The molecule has 0 aromatic heterocycles. The predicted octanol–water partition coefficient (Wildman–Crippen LogP) is 0.864. The van der Waals surface area contributed by atoms with Gasteiger partial charge in [0.25, 0.3) is 5.91 Å². The first-order chi connectivity index (χ1) is 13.5. The Balaban J connectivity index is 1.51. The summed E-state index contributed by atoms with van der Waals surface area (Å²) in [6.45, 7) is 6.11. The molecule has 0 saturated carbocycles. The van der Waals surface area contributed by atoms with Crippen molar-refractivity contribution >= 4 is 17.7 Å². The quantitative estimate of drug-likeness (QED) is 0.751. The van der Waals surface area contributed by atoms with E-state index in [9.17, 15) is 14.4 Å².